The Hall–Kier alpha value is -2.64. The quantitative estimate of drug-likeness (QED) is 0.742. The van der Waals surface area contributed by atoms with Crippen LogP contribution >= 0.6 is 0 Å². The highest BCUT2D eigenvalue weighted by molar-refractivity contribution is 5.64. The molecule has 3 rings (SSSR count). The molecule has 3 aromatic heterocycles. The van der Waals surface area contributed by atoms with Gasteiger partial charge in [-0.1, -0.05) is 0 Å². The average molecular weight is 304 g/mol. The van der Waals surface area contributed by atoms with Gasteiger partial charge in [0.05, 0.1) is 17.9 Å². The molecule has 0 bridgehead atoms. The minimum atomic E-state index is -2.42. The van der Waals surface area contributed by atoms with Gasteiger partial charge in [0.1, 0.15) is 5.82 Å². The van der Waals surface area contributed by atoms with Gasteiger partial charge < -0.3 is 4.57 Å². The van der Waals surface area contributed by atoms with E-state index in [1.807, 2.05) is 13.8 Å². The van der Waals surface area contributed by atoms with E-state index in [1.54, 1.807) is 22.9 Å². The molecule has 22 heavy (non-hydrogen) atoms. The predicted octanol–water partition coefficient (Wildman–Crippen LogP) is 2.37. The second-order valence-corrected chi connectivity index (χ2v) is 4.85. The van der Waals surface area contributed by atoms with Gasteiger partial charge in [0.15, 0.2) is 11.5 Å². The summed E-state index contributed by atoms with van der Waals surface area (Å²) < 4.78 is 28.0. The van der Waals surface area contributed by atoms with Crippen LogP contribution in [0.4, 0.5) is 8.78 Å². The third kappa shape index (κ3) is 2.72. The Bertz CT molecular complexity index is 794. The molecule has 8 heteroatoms. The Morgan fingerprint density at radius 1 is 1.23 bits per heavy atom. The number of hydrogen-bond donors (Lipinski definition) is 0. The van der Waals surface area contributed by atoms with Crippen LogP contribution in [-0.4, -0.2) is 35.6 Å². The summed E-state index contributed by atoms with van der Waals surface area (Å²) in [6.45, 7) is 3.35. The Balaban J connectivity index is 1.92. The van der Waals surface area contributed by atoms with Crippen LogP contribution in [0.2, 0.25) is 0 Å². The van der Waals surface area contributed by atoms with Crippen molar-refractivity contribution in [2.24, 2.45) is 0 Å². The molecule has 0 fully saturated rings. The fourth-order valence-corrected chi connectivity index (χ4v) is 2.11. The van der Waals surface area contributed by atoms with E-state index in [1.165, 1.54) is 17.0 Å². The van der Waals surface area contributed by atoms with Crippen molar-refractivity contribution in [2.45, 2.75) is 26.8 Å². The van der Waals surface area contributed by atoms with Gasteiger partial charge in [-0.15, -0.1) is 5.10 Å². The molecule has 0 aliphatic heterocycles. The first-order chi connectivity index (χ1) is 10.5. The zero-order valence-corrected chi connectivity index (χ0v) is 12.1. The molecule has 0 saturated carbocycles. The highest BCUT2D eigenvalue weighted by atomic mass is 19.3. The molecule has 0 saturated heterocycles. The van der Waals surface area contributed by atoms with E-state index in [4.69, 9.17) is 0 Å². The van der Waals surface area contributed by atoms with Crippen molar-refractivity contribution in [3.05, 3.63) is 41.6 Å². The maximum atomic E-state index is 12.5. The fraction of sp³-hybridized carbons (Fsp3) is 0.286. The van der Waals surface area contributed by atoms with E-state index in [-0.39, 0.29) is 6.54 Å². The molecular weight excluding hydrogens is 290 g/mol. The van der Waals surface area contributed by atoms with Crippen molar-refractivity contribution in [1.29, 1.82) is 0 Å². The highest BCUT2D eigenvalue weighted by Crippen LogP contribution is 2.11. The average Bonchev–Trinajstić information content (AvgIpc) is 3.07. The molecule has 0 aliphatic rings. The Morgan fingerprint density at radius 2 is 2.05 bits per heavy atom. The Morgan fingerprint density at radius 3 is 2.77 bits per heavy atom. The van der Waals surface area contributed by atoms with E-state index in [0.29, 0.717) is 17.3 Å². The van der Waals surface area contributed by atoms with Gasteiger partial charge >= 0.3 is 0 Å². The van der Waals surface area contributed by atoms with E-state index in [9.17, 15) is 8.78 Å². The van der Waals surface area contributed by atoms with Crippen molar-refractivity contribution >= 4 is 17.8 Å². The van der Waals surface area contributed by atoms with Gasteiger partial charge in [-0.05, 0) is 26.0 Å². The van der Waals surface area contributed by atoms with Crippen molar-refractivity contribution in [3.8, 4) is 0 Å². The van der Waals surface area contributed by atoms with E-state index in [2.05, 4.69) is 20.1 Å². The molecule has 6 nitrogen and oxygen atoms in total. The second-order valence-electron chi connectivity index (χ2n) is 4.85. The van der Waals surface area contributed by atoms with Crippen molar-refractivity contribution < 1.29 is 8.78 Å². The van der Waals surface area contributed by atoms with Crippen LogP contribution < -0.4 is 0 Å². The molecule has 114 valence electrons. The van der Waals surface area contributed by atoms with Gasteiger partial charge in [0.25, 0.3) is 6.43 Å². The summed E-state index contributed by atoms with van der Waals surface area (Å²) in [5.41, 5.74) is 2.32. The van der Waals surface area contributed by atoms with Crippen molar-refractivity contribution in [1.82, 2.24) is 29.1 Å². The number of nitrogens with zero attached hydrogens (tertiary/aromatic N) is 6. The number of fused-ring (bicyclic) bond motifs is 1. The van der Waals surface area contributed by atoms with Gasteiger partial charge in [0, 0.05) is 18.6 Å². The number of halogens is 2. The summed E-state index contributed by atoms with van der Waals surface area (Å²) in [4.78, 5) is 12.7. The molecule has 3 aromatic rings. The second kappa shape index (κ2) is 5.63. The van der Waals surface area contributed by atoms with E-state index < -0.39 is 6.43 Å². The molecule has 3 heterocycles. The van der Waals surface area contributed by atoms with Gasteiger partial charge in [-0.25, -0.2) is 23.3 Å². The first-order valence-electron chi connectivity index (χ1n) is 6.71. The molecule has 0 aliphatic carbocycles. The smallest absolute Gasteiger partial charge is 0.256 e. The van der Waals surface area contributed by atoms with Crippen LogP contribution in [0, 0.1) is 13.8 Å². The maximum absolute atomic E-state index is 12.5. The summed E-state index contributed by atoms with van der Waals surface area (Å²) in [5, 5.41) is 4.36. The number of aryl methyl sites for hydroxylation is 2. The first kappa shape index (κ1) is 14.3. The Labute approximate surface area is 125 Å². The van der Waals surface area contributed by atoms with Gasteiger partial charge in [-0.2, -0.15) is 0 Å². The highest BCUT2D eigenvalue weighted by Gasteiger charge is 2.09. The molecule has 0 spiro atoms. The topological polar surface area (TPSA) is 60.9 Å². The summed E-state index contributed by atoms with van der Waals surface area (Å²) in [5.74, 6) is 0.913. The molecule has 0 N–H and O–H groups in total. The Kier molecular flexibility index (Phi) is 3.66. The van der Waals surface area contributed by atoms with Crippen LogP contribution in [0.5, 0.6) is 0 Å². The minimum Gasteiger partial charge on any atom is -0.326 e. The summed E-state index contributed by atoms with van der Waals surface area (Å²) in [7, 11) is 0. The summed E-state index contributed by atoms with van der Waals surface area (Å²) in [6, 6.07) is 0. The lowest BCUT2D eigenvalue weighted by Crippen LogP contribution is -2.07. The minimum absolute atomic E-state index is 0.388. The van der Waals surface area contributed by atoms with E-state index in [0.717, 1.165) is 11.4 Å². The van der Waals surface area contributed by atoms with Crippen LogP contribution in [0.1, 0.15) is 23.0 Å². The van der Waals surface area contributed by atoms with Crippen LogP contribution in [-0.2, 0) is 6.54 Å². The third-order valence-electron chi connectivity index (χ3n) is 3.19. The lowest BCUT2D eigenvalue weighted by molar-refractivity contribution is 0.126. The number of alkyl halides is 2. The van der Waals surface area contributed by atoms with E-state index >= 15 is 0 Å². The van der Waals surface area contributed by atoms with Crippen molar-refractivity contribution in [2.75, 3.05) is 0 Å². The molecule has 0 aromatic carbocycles. The fourth-order valence-electron chi connectivity index (χ4n) is 2.11. The zero-order valence-electron chi connectivity index (χ0n) is 12.1. The number of hydrogen-bond acceptors (Lipinski definition) is 4. The zero-order chi connectivity index (χ0) is 15.7. The predicted molar refractivity (Wildman–Crippen MR) is 77.4 cm³/mol. The summed E-state index contributed by atoms with van der Waals surface area (Å²) >= 11 is 0. The normalized spacial score (nSPS) is 12.0. The SMILES string of the molecule is Cc1ncc(C)n2nc(C=Cc3nccn3CC(F)F)nc12. The molecule has 0 unspecified atom stereocenters. The van der Waals surface area contributed by atoms with Gasteiger partial charge in [0.2, 0.25) is 0 Å². The van der Waals surface area contributed by atoms with Crippen LogP contribution in [0.25, 0.3) is 17.8 Å². The largest absolute Gasteiger partial charge is 0.326 e. The molecule has 0 atom stereocenters. The van der Waals surface area contributed by atoms with Crippen LogP contribution in [0.3, 0.4) is 0 Å². The first-order valence-corrected chi connectivity index (χ1v) is 6.71. The molecule has 0 radical (unpaired) electrons. The lowest BCUT2D eigenvalue weighted by atomic mass is 10.4. The summed E-state index contributed by atoms with van der Waals surface area (Å²) in [6.07, 6.45) is 5.56. The maximum Gasteiger partial charge on any atom is 0.256 e. The monoisotopic (exact) mass is 304 g/mol. The third-order valence-corrected chi connectivity index (χ3v) is 3.19. The molecular formula is C14H14F2N6. The molecule has 0 amide bonds. The number of rotatable bonds is 4. The standard InChI is InChI=1S/C14H14F2N6/c1-9-7-18-10(2)14-19-12(20-22(9)14)3-4-13-17-5-6-21(13)8-11(15)16/h3-7,11H,8H2,1-2H3. The number of imidazole rings is 1. The van der Waals surface area contributed by atoms with Crippen molar-refractivity contribution in [3.63, 3.8) is 0 Å². The van der Waals surface area contributed by atoms with Crippen LogP contribution in [0.15, 0.2) is 18.6 Å². The lowest BCUT2D eigenvalue weighted by Gasteiger charge is -2.02. The number of aromatic nitrogens is 6. The van der Waals surface area contributed by atoms with Gasteiger partial charge in [-0.3, -0.25) is 4.98 Å².